The third kappa shape index (κ3) is 3.02. The van der Waals surface area contributed by atoms with Gasteiger partial charge in [-0.2, -0.15) is 0 Å². The van der Waals surface area contributed by atoms with Crippen molar-refractivity contribution in [1.29, 1.82) is 0 Å². The summed E-state index contributed by atoms with van der Waals surface area (Å²) in [6.07, 6.45) is 1.23. The molecule has 0 unspecified atom stereocenters. The number of carbonyl (C=O) groups excluding carboxylic acids is 1. The highest BCUT2D eigenvalue weighted by Gasteiger charge is 2.22. The van der Waals surface area contributed by atoms with Gasteiger partial charge in [0.05, 0.1) is 6.10 Å². The lowest BCUT2D eigenvalue weighted by molar-refractivity contribution is -0.114. The van der Waals surface area contributed by atoms with Gasteiger partial charge in [-0.1, -0.05) is 0 Å². The molecule has 1 amide bonds. The van der Waals surface area contributed by atoms with Crippen molar-refractivity contribution in [2.45, 2.75) is 18.9 Å². The molecule has 74 valence electrons. The number of piperidine rings is 1. The maximum atomic E-state index is 10.5. The second-order valence-electron chi connectivity index (χ2n) is 2.97. The molecule has 0 spiro atoms. The van der Waals surface area contributed by atoms with Gasteiger partial charge in [0.2, 0.25) is 0 Å². The van der Waals surface area contributed by atoms with Crippen molar-refractivity contribution >= 4 is 12.4 Å². The van der Waals surface area contributed by atoms with Crippen LogP contribution in [0.4, 0.5) is 4.79 Å². The molecule has 0 aromatic carbocycles. The summed E-state index contributed by atoms with van der Waals surface area (Å²) in [5.74, 6) is 0. The summed E-state index contributed by atoms with van der Waals surface area (Å²) >= 11 is 0. The molecule has 1 fully saturated rings. The normalized spacial score (nSPS) is 18.6. The molecule has 5 nitrogen and oxygen atoms in total. The first-order valence-corrected chi connectivity index (χ1v) is 4.27. The van der Waals surface area contributed by atoms with Crippen LogP contribution in [0.3, 0.4) is 0 Å². The zero-order valence-corrected chi connectivity index (χ0v) is 7.31. The van der Waals surface area contributed by atoms with E-state index in [2.05, 4.69) is 0 Å². The third-order valence-corrected chi connectivity index (χ3v) is 2.11. The molecule has 0 atom stereocenters. The van der Waals surface area contributed by atoms with E-state index in [0.717, 1.165) is 0 Å². The van der Waals surface area contributed by atoms with Gasteiger partial charge in [0.1, 0.15) is 12.9 Å². The van der Waals surface area contributed by atoms with Crippen molar-refractivity contribution in [2.24, 2.45) is 0 Å². The Hall–Kier alpha value is -1.10. The first-order chi connectivity index (χ1) is 6.24. The summed E-state index contributed by atoms with van der Waals surface area (Å²) in [5.41, 5.74) is 0. The maximum absolute atomic E-state index is 10.5. The van der Waals surface area contributed by atoms with Gasteiger partial charge in [0, 0.05) is 13.1 Å². The number of likely N-dealkylation sites (tertiary alicyclic amines) is 1. The van der Waals surface area contributed by atoms with Crippen LogP contribution in [0, 0.1) is 0 Å². The summed E-state index contributed by atoms with van der Waals surface area (Å²) < 4.78 is 5.17. The number of aldehydes is 1. The van der Waals surface area contributed by atoms with E-state index < -0.39 is 6.09 Å². The minimum atomic E-state index is -0.881. The molecule has 1 N–H and O–H groups in total. The Bertz CT molecular complexity index is 187. The number of amides is 1. The van der Waals surface area contributed by atoms with E-state index in [9.17, 15) is 9.59 Å². The van der Waals surface area contributed by atoms with E-state index in [1.807, 2.05) is 0 Å². The van der Waals surface area contributed by atoms with Crippen molar-refractivity contribution in [3.8, 4) is 0 Å². The van der Waals surface area contributed by atoms with Crippen LogP contribution in [0.2, 0.25) is 0 Å². The molecule has 0 radical (unpaired) electrons. The predicted octanol–water partition coefficient (Wildman–Crippen LogP) is 0.344. The van der Waals surface area contributed by atoms with Crippen LogP contribution in [-0.2, 0) is 9.53 Å². The largest absolute Gasteiger partial charge is 0.465 e. The molecule has 0 aliphatic carbocycles. The smallest absolute Gasteiger partial charge is 0.407 e. The van der Waals surface area contributed by atoms with Gasteiger partial charge in [-0.25, -0.2) is 4.79 Å². The van der Waals surface area contributed by atoms with E-state index in [-0.39, 0.29) is 12.7 Å². The quantitative estimate of drug-likeness (QED) is 0.647. The zero-order chi connectivity index (χ0) is 9.68. The molecule has 1 aliphatic heterocycles. The molecule has 13 heavy (non-hydrogen) atoms. The third-order valence-electron chi connectivity index (χ3n) is 2.11. The second kappa shape index (κ2) is 4.81. The number of carbonyl (C=O) groups is 2. The Morgan fingerprint density at radius 1 is 1.54 bits per heavy atom. The summed E-state index contributed by atoms with van der Waals surface area (Å²) in [5, 5.41) is 8.63. The lowest BCUT2D eigenvalue weighted by Crippen LogP contribution is -2.40. The van der Waals surface area contributed by atoms with Gasteiger partial charge in [-0.15, -0.1) is 0 Å². The van der Waals surface area contributed by atoms with Crippen LogP contribution < -0.4 is 0 Å². The minimum absolute atomic E-state index is 0.0424. The van der Waals surface area contributed by atoms with Gasteiger partial charge in [0.25, 0.3) is 0 Å². The number of carboxylic acid groups (broad SMARTS) is 1. The fourth-order valence-electron chi connectivity index (χ4n) is 1.39. The van der Waals surface area contributed by atoms with E-state index in [0.29, 0.717) is 32.2 Å². The van der Waals surface area contributed by atoms with E-state index in [1.54, 1.807) is 0 Å². The number of hydrogen-bond acceptors (Lipinski definition) is 3. The fourth-order valence-corrected chi connectivity index (χ4v) is 1.39. The molecule has 1 heterocycles. The number of ether oxygens (including phenoxy) is 1. The van der Waals surface area contributed by atoms with Gasteiger partial charge in [-0.05, 0) is 12.8 Å². The minimum Gasteiger partial charge on any atom is -0.465 e. The molecule has 5 heteroatoms. The molecule has 1 saturated heterocycles. The molecule has 0 saturated carbocycles. The molecular formula is C8H13NO4. The first-order valence-electron chi connectivity index (χ1n) is 4.27. The number of rotatable bonds is 3. The van der Waals surface area contributed by atoms with Gasteiger partial charge in [0.15, 0.2) is 0 Å². The number of nitrogens with zero attached hydrogens (tertiary/aromatic N) is 1. The monoisotopic (exact) mass is 187 g/mol. The van der Waals surface area contributed by atoms with Gasteiger partial charge >= 0.3 is 6.09 Å². The van der Waals surface area contributed by atoms with E-state index in [1.165, 1.54) is 4.90 Å². The second-order valence-corrected chi connectivity index (χ2v) is 2.97. The van der Waals surface area contributed by atoms with Crippen LogP contribution in [0.15, 0.2) is 0 Å². The molecule has 0 bridgehead atoms. The predicted molar refractivity (Wildman–Crippen MR) is 44.6 cm³/mol. The fraction of sp³-hybridized carbons (Fsp3) is 0.750. The Kier molecular flexibility index (Phi) is 3.70. The summed E-state index contributed by atoms with van der Waals surface area (Å²) in [6.45, 7) is 1.11. The Labute approximate surface area is 76.3 Å². The van der Waals surface area contributed by atoms with Crippen molar-refractivity contribution in [1.82, 2.24) is 4.90 Å². The standard InChI is InChI=1S/C8H13NO4/c10-5-6-13-7-1-3-9(4-2-7)8(11)12/h5,7H,1-4,6H2,(H,11,12). The van der Waals surface area contributed by atoms with Crippen LogP contribution in [0.5, 0.6) is 0 Å². The topological polar surface area (TPSA) is 66.8 Å². The lowest BCUT2D eigenvalue weighted by atomic mass is 10.1. The molecule has 1 aliphatic rings. The summed E-state index contributed by atoms with van der Waals surface area (Å²) in [6, 6.07) is 0. The van der Waals surface area contributed by atoms with Crippen LogP contribution in [0.1, 0.15) is 12.8 Å². The summed E-state index contributed by atoms with van der Waals surface area (Å²) in [4.78, 5) is 21.9. The van der Waals surface area contributed by atoms with Crippen LogP contribution in [-0.4, -0.2) is 48.2 Å². The van der Waals surface area contributed by atoms with Crippen molar-refractivity contribution in [3.63, 3.8) is 0 Å². The summed E-state index contributed by atoms with van der Waals surface area (Å²) in [7, 11) is 0. The van der Waals surface area contributed by atoms with Gasteiger partial charge < -0.3 is 19.5 Å². The number of hydrogen-bond donors (Lipinski definition) is 1. The highest BCUT2D eigenvalue weighted by molar-refractivity contribution is 5.65. The highest BCUT2D eigenvalue weighted by Crippen LogP contribution is 2.12. The van der Waals surface area contributed by atoms with Crippen LogP contribution in [0.25, 0.3) is 0 Å². The average molecular weight is 187 g/mol. The van der Waals surface area contributed by atoms with Gasteiger partial charge in [-0.3, -0.25) is 0 Å². The Morgan fingerprint density at radius 2 is 2.15 bits per heavy atom. The van der Waals surface area contributed by atoms with Crippen molar-refractivity contribution in [2.75, 3.05) is 19.7 Å². The molecular weight excluding hydrogens is 174 g/mol. The average Bonchev–Trinajstić information content (AvgIpc) is 2.15. The highest BCUT2D eigenvalue weighted by atomic mass is 16.5. The molecule has 0 aromatic rings. The SMILES string of the molecule is O=CCOC1CCN(C(=O)O)CC1. The maximum Gasteiger partial charge on any atom is 0.407 e. The molecule has 0 aromatic heterocycles. The Balaban J connectivity index is 2.22. The molecule has 1 rings (SSSR count). The van der Waals surface area contributed by atoms with Crippen molar-refractivity contribution in [3.05, 3.63) is 0 Å². The van der Waals surface area contributed by atoms with Crippen LogP contribution >= 0.6 is 0 Å². The lowest BCUT2D eigenvalue weighted by Gasteiger charge is -2.29. The Morgan fingerprint density at radius 3 is 2.62 bits per heavy atom. The zero-order valence-electron chi connectivity index (χ0n) is 7.31. The first kappa shape index (κ1) is 9.98. The van der Waals surface area contributed by atoms with Crippen molar-refractivity contribution < 1.29 is 19.4 Å². The van der Waals surface area contributed by atoms with E-state index >= 15 is 0 Å². The van der Waals surface area contributed by atoms with E-state index in [4.69, 9.17) is 9.84 Å².